The van der Waals surface area contributed by atoms with E-state index in [0.29, 0.717) is 0 Å². The third-order valence-corrected chi connectivity index (χ3v) is 2.99. The second kappa shape index (κ2) is 4.78. The molecule has 0 aliphatic carbocycles. The predicted molar refractivity (Wildman–Crippen MR) is 67.5 cm³/mol. The molecule has 0 saturated heterocycles. The van der Waals surface area contributed by atoms with Gasteiger partial charge in [0, 0.05) is 7.05 Å². The Morgan fingerprint density at radius 1 is 1.25 bits per heavy atom. The molecule has 1 aromatic carbocycles. The normalized spacial score (nSPS) is 12.1. The third kappa shape index (κ3) is 2.11. The van der Waals surface area contributed by atoms with E-state index in [9.17, 15) is 22.8 Å². The molecule has 2 rings (SSSR count). The number of nitrogens with one attached hydrogen (secondary N) is 1. The fourth-order valence-corrected chi connectivity index (χ4v) is 2.11. The van der Waals surface area contributed by atoms with Crippen molar-refractivity contribution in [2.24, 2.45) is 7.05 Å². The first-order valence-electron chi connectivity index (χ1n) is 5.73. The van der Waals surface area contributed by atoms with Crippen molar-refractivity contribution >= 4 is 10.9 Å². The van der Waals surface area contributed by atoms with Gasteiger partial charge < -0.3 is 5.32 Å². The number of rotatable bonds is 2. The summed E-state index contributed by atoms with van der Waals surface area (Å²) in [6.07, 6.45) is -4.63. The van der Waals surface area contributed by atoms with Gasteiger partial charge in [0.25, 0.3) is 5.56 Å². The van der Waals surface area contributed by atoms with Crippen molar-refractivity contribution in [3.8, 4) is 0 Å². The summed E-state index contributed by atoms with van der Waals surface area (Å²) in [7, 11) is 2.74. The Balaban J connectivity index is 3.01. The smallest absolute Gasteiger partial charge is 0.302 e. The Bertz CT molecular complexity index is 774. The van der Waals surface area contributed by atoms with Gasteiger partial charge in [-0.15, -0.1) is 0 Å². The summed E-state index contributed by atoms with van der Waals surface area (Å²) in [6, 6.07) is 3.28. The largest absolute Gasteiger partial charge is 0.418 e. The van der Waals surface area contributed by atoms with Gasteiger partial charge in [0.05, 0.1) is 23.1 Å². The lowest BCUT2D eigenvalue weighted by Crippen LogP contribution is -2.42. The number of para-hydroxylation sites is 1. The highest BCUT2D eigenvalue weighted by molar-refractivity contribution is 5.81. The van der Waals surface area contributed by atoms with Gasteiger partial charge in [-0.05, 0) is 19.2 Å². The molecular formula is C12H12F3N3O2. The summed E-state index contributed by atoms with van der Waals surface area (Å²) >= 11 is 0. The van der Waals surface area contributed by atoms with E-state index in [-0.39, 0.29) is 12.1 Å². The van der Waals surface area contributed by atoms with Gasteiger partial charge in [0.1, 0.15) is 0 Å². The highest BCUT2D eigenvalue weighted by Gasteiger charge is 2.34. The molecule has 0 bridgehead atoms. The molecule has 2 aromatic rings. The van der Waals surface area contributed by atoms with Crippen LogP contribution in [0.15, 0.2) is 27.8 Å². The summed E-state index contributed by atoms with van der Waals surface area (Å²) in [5.41, 5.74) is -2.94. The fraction of sp³-hybridized carbons (Fsp3) is 0.333. The van der Waals surface area contributed by atoms with Crippen molar-refractivity contribution < 1.29 is 13.2 Å². The van der Waals surface area contributed by atoms with Gasteiger partial charge in [-0.25, -0.2) is 9.36 Å². The van der Waals surface area contributed by atoms with Gasteiger partial charge in [0.15, 0.2) is 0 Å². The molecule has 0 radical (unpaired) electrons. The molecular weight excluding hydrogens is 275 g/mol. The summed E-state index contributed by atoms with van der Waals surface area (Å²) in [4.78, 5) is 24.1. The second-order valence-electron chi connectivity index (χ2n) is 4.29. The first-order chi connectivity index (χ1) is 9.29. The minimum absolute atomic E-state index is 0.0717. The standard InChI is InChI=1S/C12H12F3N3O2/c1-16-6-18-10(19)7-4-3-5-8(12(13,14)15)9(7)17(2)11(18)20/h3-5,16H,6H2,1-2H3. The zero-order chi connectivity index (χ0) is 15.1. The van der Waals surface area contributed by atoms with E-state index < -0.39 is 28.5 Å². The van der Waals surface area contributed by atoms with Crippen molar-refractivity contribution in [1.82, 2.24) is 14.5 Å². The van der Waals surface area contributed by atoms with Crippen LogP contribution in [0.2, 0.25) is 0 Å². The van der Waals surface area contributed by atoms with Crippen molar-refractivity contribution in [2.75, 3.05) is 7.05 Å². The van der Waals surface area contributed by atoms with E-state index in [1.165, 1.54) is 20.2 Å². The van der Waals surface area contributed by atoms with E-state index in [2.05, 4.69) is 5.32 Å². The summed E-state index contributed by atoms with van der Waals surface area (Å²) < 4.78 is 40.6. The minimum atomic E-state index is -4.63. The molecule has 0 atom stereocenters. The molecule has 108 valence electrons. The maximum absolute atomic E-state index is 13.0. The molecule has 1 N–H and O–H groups in total. The minimum Gasteiger partial charge on any atom is -0.302 e. The lowest BCUT2D eigenvalue weighted by Gasteiger charge is -2.15. The van der Waals surface area contributed by atoms with Crippen LogP contribution in [-0.2, 0) is 19.9 Å². The van der Waals surface area contributed by atoms with Crippen molar-refractivity contribution in [3.05, 3.63) is 44.6 Å². The number of alkyl halides is 3. The molecule has 0 aliphatic rings. The van der Waals surface area contributed by atoms with Gasteiger partial charge >= 0.3 is 11.9 Å². The van der Waals surface area contributed by atoms with Crippen LogP contribution in [0.25, 0.3) is 10.9 Å². The van der Waals surface area contributed by atoms with Crippen LogP contribution in [0.3, 0.4) is 0 Å². The molecule has 0 spiro atoms. The number of hydrogen-bond donors (Lipinski definition) is 1. The van der Waals surface area contributed by atoms with Gasteiger partial charge in [-0.3, -0.25) is 9.36 Å². The lowest BCUT2D eigenvalue weighted by molar-refractivity contribution is -0.136. The van der Waals surface area contributed by atoms with Crippen LogP contribution in [0, 0.1) is 0 Å². The van der Waals surface area contributed by atoms with E-state index in [0.717, 1.165) is 21.3 Å². The second-order valence-corrected chi connectivity index (χ2v) is 4.29. The molecule has 0 amide bonds. The Morgan fingerprint density at radius 3 is 2.45 bits per heavy atom. The quantitative estimate of drug-likeness (QED) is 0.892. The fourth-order valence-electron chi connectivity index (χ4n) is 2.11. The number of nitrogens with zero attached hydrogens (tertiary/aromatic N) is 2. The predicted octanol–water partition coefficient (Wildman–Crippen LogP) is 0.896. The molecule has 0 aliphatic heterocycles. The van der Waals surface area contributed by atoms with Crippen LogP contribution in [0.1, 0.15) is 5.56 Å². The van der Waals surface area contributed by atoms with Gasteiger partial charge in [0.2, 0.25) is 0 Å². The molecule has 0 fully saturated rings. The van der Waals surface area contributed by atoms with E-state index in [1.54, 1.807) is 0 Å². The number of aryl methyl sites for hydroxylation is 1. The zero-order valence-corrected chi connectivity index (χ0v) is 10.8. The van der Waals surface area contributed by atoms with Gasteiger partial charge in [-0.2, -0.15) is 13.2 Å². The monoisotopic (exact) mass is 287 g/mol. The molecule has 0 unspecified atom stereocenters. The van der Waals surface area contributed by atoms with E-state index >= 15 is 0 Å². The third-order valence-electron chi connectivity index (χ3n) is 2.99. The Kier molecular flexibility index (Phi) is 3.43. The number of hydrogen-bond acceptors (Lipinski definition) is 3. The average Bonchev–Trinajstić information content (AvgIpc) is 2.39. The van der Waals surface area contributed by atoms with Crippen LogP contribution >= 0.6 is 0 Å². The maximum Gasteiger partial charge on any atom is 0.418 e. The summed E-state index contributed by atoms with van der Waals surface area (Å²) in [6.45, 7) is -0.0717. The Labute approximate surface area is 111 Å². The first kappa shape index (κ1) is 14.3. The van der Waals surface area contributed by atoms with Gasteiger partial charge in [-0.1, -0.05) is 6.07 Å². The van der Waals surface area contributed by atoms with Crippen molar-refractivity contribution in [2.45, 2.75) is 12.8 Å². The molecule has 0 saturated carbocycles. The SMILES string of the molecule is CNCn1c(=O)c2cccc(C(F)(F)F)c2n(C)c1=O. The first-order valence-corrected chi connectivity index (χ1v) is 5.73. The number of aromatic nitrogens is 2. The van der Waals surface area contributed by atoms with Crippen LogP contribution in [0.4, 0.5) is 13.2 Å². The van der Waals surface area contributed by atoms with E-state index in [4.69, 9.17) is 0 Å². The topological polar surface area (TPSA) is 56.0 Å². The Morgan fingerprint density at radius 2 is 1.90 bits per heavy atom. The molecule has 20 heavy (non-hydrogen) atoms. The van der Waals surface area contributed by atoms with Crippen LogP contribution < -0.4 is 16.6 Å². The zero-order valence-electron chi connectivity index (χ0n) is 10.8. The van der Waals surface area contributed by atoms with Crippen molar-refractivity contribution in [3.63, 3.8) is 0 Å². The number of halogens is 3. The van der Waals surface area contributed by atoms with Crippen LogP contribution in [0.5, 0.6) is 0 Å². The molecule has 8 heteroatoms. The Hall–Kier alpha value is -2.09. The number of benzene rings is 1. The number of fused-ring (bicyclic) bond motifs is 1. The van der Waals surface area contributed by atoms with E-state index in [1.807, 2.05) is 0 Å². The highest BCUT2D eigenvalue weighted by atomic mass is 19.4. The maximum atomic E-state index is 13.0. The summed E-state index contributed by atoms with van der Waals surface area (Å²) in [5.74, 6) is 0. The average molecular weight is 287 g/mol. The highest BCUT2D eigenvalue weighted by Crippen LogP contribution is 2.33. The molecule has 5 nitrogen and oxygen atoms in total. The molecule has 1 heterocycles. The summed E-state index contributed by atoms with van der Waals surface area (Å²) in [5, 5.41) is 2.49. The lowest BCUT2D eigenvalue weighted by atomic mass is 10.1. The van der Waals surface area contributed by atoms with Crippen LogP contribution in [-0.4, -0.2) is 16.2 Å². The van der Waals surface area contributed by atoms with Crippen molar-refractivity contribution in [1.29, 1.82) is 0 Å². The molecule has 1 aromatic heterocycles.